The number of nitrogens with one attached hydrogen (secondary N) is 2. The molecule has 2 aliphatic rings. The van der Waals surface area contributed by atoms with Crippen molar-refractivity contribution < 1.29 is 9.53 Å². The minimum atomic E-state index is -0.360. The molecule has 1 aliphatic heterocycles. The van der Waals surface area contributed by atoms with E-state index in [0.717, 1.165) is 24.1 Å². The Labute approximate surface area is 140 Å². The highest BCUT2D eigenvalue weighted by atomic mass is 32.1. The summed E-state index contributed by atoms with van der Waals surface area (Å²) in [5, 5.41) is 15.6. The molecule has 0 aromatic heterocycles. The second kappa shape index (κ2) is 6.05. The average Bonchev–Trinajstić information content (AvgIpc) is 3.30. The lowest BCUT2D eigenvalue weighted by atomic mass is 9.97. The number of cyclic esters (lactones) is 1. The van der Waals surface area contributed by atoms with Gasteiger partial charge in [-0.25, -0.2) is 4.79 Å². The zero-order valence-electron chi connectivity index (χ0n) is 12.8. The fraction of sp³-hybridized carbons (Fsp3) is 0.438. The highest BCUT2D eigenvalue weighted by molar-refractivity contribution is 7.80. The third-order valence-corrected chi connectivity index (χ3v) is 4.64. The van der Waals surface area contributed by atoms with Crippen LogP contribution in [-0.2, 0) is 10.2 Å². The molecule has 1 heterocycles. The first-order valence-electron chi connectivity index (χ1n) is 7.53. The van der Waals surface area contributed by atoms with Gasteiger partial charge in [0.15, 0.2) is 5.11 Å². The van der Waals surface area contributed by atoms with Crippen LogP contribution in [0.3, 0.4) is 0 Å². The molecule has 2 fully saturated rings. The van der Waals surface area contributed by atoms with Crippen molar-refractivity contribution in [1.82, 2.24) is 10.6 Å². The number of rotatable bonds is 4. The lowest BCUT2D eigenvalue weighted by Crippen LogP contribution is -2.39. The van der Waals surface area contributed by atoms with E-state index in [0.29, 0.717) is 18.2 Å². The van der Waals surface area contributed by atoms with Crippen LogP contribution in [0.15, 0.2) is 24.3 Å². The van der Waals surface area contributed by atoms with Gasteiger partial charge in [-0.2, -0.15) is 5.26 Å². The molecule has 1 aliphatic carbocycles. The minimum Gasteiger partial charge on any atom is -0.442 e. The number of ether oxygens (including phenoxy) is 1. The maximum absolute atomic E-state index is 12.0. The van der Waals surface area contributed by atoms with E-state index in [1.807, 2.05) is 24.3 Å². The molecule has 1 amide bonds. The van der Waals surface area contributed by atoms with Crippen LogP contribution in [0.25, 0.3) is 0 Å². The van der Waals surface area contributed by atoms with Gasteiger partial charge in [-0.05, 0) is 42.8 Å². The summed E-state index contributed by atoms with van der Waals surface area (Å²) < 4.78 is 5.34. The summed E-state index contributed by atoms with van der Waals surface area (Å²) in [6, 6.07) is 9.99. The first-order chi connectivity index (χ1) is 11.1. The minimum absolute atomic E-state index is 0.248. The number of amides is 1. The van der Waals surface area contributed by atoms with Gasteiger partial charge in [0.25, 0.3) is 0 Å². The number of carbonyl (C=O) groups is 1. The summed E-state index contributed by atoms with van der Waals surface area (Å²) in [5.74, 6) is 0. The van der Waals surface area contributed by atoms with E-state index in [9.17, 15) is 10.1 Å². The Bertz CT molecular complexity index is 664. The zero-order chi connectivity index (χ0) is 16.4. The SMILES string of the molecule is CNC(=S)NCC1CN(c2ccc(C3(C#N)CC3)cc2)C(=O)O1. The van der Waals surface area contributed by atoms with Crippen molar-refractivity contribution in [3.05, 3.63) is 29.8 Å². The highest BCUT2D eigenvalue weighted by Gasteiger charge is 2.44. The molecular formula is C16H18N4O2S. The molecule has 1 aromatic carbocycles. The smallest absolute Gasteiger partial charge is 0.414 e. The van der Waals surface area contributed by atoms with Crippen LogP contribution < -0.4 is 15.5 Å². The largest absolute Gasteiger partial charge is 0.442 e. The molecular weight excluding hydrogens is 312 g/mol. The van der Waals surface area contributed by atoms with Crippen LogP contribution in [0, 0.1) is 11.3 Å². The summed E-state index contributed by atoms with van der Waals surface area (Å²) in [5.41, 5.74) is 1.50. The molecule has 3 rings (SSSR count). The van der Waals surface area contributed by atoms with E-state index in [-0.39, 0.29) is 17.6 Å². The first-order valence-corrected chi connectivity index (χ1v) is 7.94. The summed E-state index contributed by atoms with van der Waals surface area (Å²) in [4.78, 5) is 13.6. The van der Waals surface area contributed by atoms with Gasteiger partial charge in [-0.15, -0.1) is 0 Å². The Morgan fingerprint density at radius 3 is 2.74 bits per heavy atom. The number of hydrogen-bond acceptors (Lipinski definition) is 4. The van der Waals surface area contributed by atoms with Crippen LogP contribution in [0.1, 0.15) is 18.4 Å². The van der Waals surface area contributed by atoms with E-state index in [2.05, 4.69) is 16.7 Å². The zero-order valence-corrected chi connectivity index (χ0v) is 13.7. The van der Waals surface area contributed by atoms with E-state index in [1.54, 1.807) is 11.9 Å². The summed E-state index contributed by atoms with van der Waals surface area (Å²) >= 11 is 5.01. The third kappa shape index (κ3) is 3.08. The van der Waals surface area contributed by atoms with Crippen molar-refractivity contribution in [2.24, 2.45) is 0 Å². The van der Waals surface area contributed by atoms with Gasteiger partial charge in [0.1, 0.15) is 6.10 Å². The van der Waals surface area contributed by atoms with Gasteiger partial charge < -0.3 is 15.4 Å². The summed E-state index contributed by atoms with van der Waals surface area (Å²) in [6.45, 7) is 0.943. The predicted molar refractivity (Wildman–Crippen MR) is 90.2 cm³/mol. The standard InChI is InChI=1S/C16H18N4O2S/c1-18-14(23)19-8-13-9-20(15(21)22-13)12-4-2-11(3-5-12)16(10-17)6-7-16/h2-5,13H,6-9H2,1H3,(H2,18,19,23). The van der Waals surface area contributed by atoms with Gasteiger partial charge in [0.05, 0.1) is 24.6 Å². The van der Waals surface area contributed by atoms with Gasteiger partial charge in [-0.3, -0.25) is 4.90 Å². The van der Waals surface area contributed by atoms with Crippen LogP contribution in [-0.4, -0.2) is 37.4 Å². The molecule has 1 aromatic rings. The third-order valence-electron chi connectivity index (χ3n) is 4.29. The second-order valence-electron chi connectivity index (χ2n) is 5.82. The van der Waals surface area contributed by atoms with Crippen molar-refractivity contribution in [2.45, 2.75) is 24.4 Å². The maximum atomic E-state index is 12.0. The molecule has 6 nitrogen and oxygen atoms in total. The van der Waals surface area contributed by atoms with E-state index in [1.165, 1.54) is 0 Å². The Morgan fingerprint density at radius 1 is 1.48 bits per heavy atom. The summed E-state index contributed by atoms with van der Waals surface area (Å²) in [7, 11) is 1.73. The van der Waals surface area contributed by atoms with Crippen molar-refractivity contribution in [2.75, 3.05) is 25.0 Å². The number of nitrogens with zero attached hydrogens (tertiary/aromatic N) is 2. The molecule has 0 radical (unpaired) electrons. The number of anilines is 1. The predicted octanol–water partition coefficient (Wildman–Crippen LogP) is 1.66. The first kappa shape index (κ1) is 15.6. The Hall–Kier alpha value is -2.33. The van der Waals surface area contributed by atoms with Gasteiger partial charge >= 0.3 is 6.09 Å². The summed E-state index contributed by atoms with van der Waals surface area (Å²) in [6.07, 6.45) is 1.21. The van der Waals surface area contributed by atoms with E-state index < -0.39 is 0 Å². The Kier molecular flexibility index (Phi) is 4.09. The fourth-order valence-electron chi connectivity index (χ4n) is 2.68. The van der Waals surface area contributed by atoms with Gasteiger partial charge in [0, 0.05) is 12.7 Å². The van der Waals surface area contributed by atoms with Crippen LogP contribution in [0.2, 0.25) is 0 Å². The molecule has 120 valence electrons. The average molecular weight is 330 g/mol. The van der Waals surface area contributed by atoms with Crippen molar-refractivity contribution in [1.29, 1.82) is 5.26 Å². The van der Waals surface area contributed by atoms with Crippen LogP contribution in [0.5, 0.6) is 0 Å². The molecule has 0 spiro atoms. The Morgan fingerprint density at radius 2 is 2.17 bits per heavy atom. The topological polar surface area (TPSA) is 77.4 Å². The highest BCUT2D eigenvalue weighted by Crippen LogP contribution is 2.47. The molecule has 1 saturated carbocycles. The maximum Gasteiger partial charge on any atom is 0.414 e. The lowest BCUT2D eigenvalue weighted by molar-refractivity contribution is 0.143. The molecule has 1 unspecified atom stereocenters. The Balaban J connectivity index is 1.64. The number of thiocarbonyl (C=S) groups is 1. The van der Waals surface area contributed by atoms with Crippen LogP contribution >= 0.6 is 12.2 Å². The number of carbonyl (C=O) groups excluding carboxylic acids is 1. The van der Waals surface area contributed by atoms with Crippen LogP contribution in [0.4, 0.5) is 10.5 Å². The molecule has 23 heavy (non-hydrogen) atoms. The van der Waals surface area contributed by atoms with E-state index in [4.69, 9.17) is 17.0 Å². The quantitative estimate of drug-likeness (QED) is 0.818. The van der Waals surface area contributed by atoms with Gasteiger partial charge in [0.2, 0.25) is 0 Å². The lowest BCUT2D eigenvalue weighted by Gasteiger charge is -2.15. The number of hydrogen-bond donors (Lipinski definition) is 2. The van der Waals surface area contributed by atoms with Crippen molar-refractivity contribution in [3.63, 3.8) is 0 Å². The normalized spacial score (nSPS) is 21.3. The van der Waals surface area contributed by atoms with E-state index >= 15 is 0 Å². The monoisotopic (exact) mass is 330 g/mol. The van der Waals surface area contributed by atoms with Gasteiger partial charge in [-0.1, -0.05) is 12.1 Å². The molecule has 0 bridgehead atoms. The molecule has 1 atom stereocenters. The van der Waals surface area contributed by atoms with Crippen molar-refractivity contribution >= 4 is 29.1 Å². The number of nitriles is 1. The van der Waals surface area contributed by atoms with Crippen molar-refractivity contribution in [3.8, 4) is 6.07 Å². The molecule has 1 saturated heterocycles. The second-order valence-corrected chi connectivity index (χ2v) is 6.23. The molecule has 7 heteroatoms. The molecule has 2 N–H and O–H groups in total. The fourth-order valence-corrected chi connectivity index (χ4v) is 2.77. The number of benzene rings is 1.